The second-order valence-electron chi connectivity index (χ2n) is 15.5. The zero-order chi connectivity index (χ0) is 43.0. The van der Waals surface area contributed by atoms with E-state index in [-0.39, 0.29) is 0 Å². The second kappa shape index (κ2) is 18.6. The number of benzene rings is 6. The van der Waals surface area contributed by atoms with Gasteiger partial charge in [0.2, 0.25) is 0 Å². The quantitative estimate of drug-likeness (QED) is 0.173. The maximum absolute atomic E-state index is 4.80. The fourth-order valence-electron chi connectivity index (χ4n) is 7.66. The van der Waals surface area contributed by atoms with Crippen molar-refractivity contribution in [3.05, 3.63) is 235 Å². The molecular formula is C58H45N5. The minimum atomic E-state index is 0.782. The minimum Gasteiger partial charge on any atom is -0.254 e. The van der Waals surface area contributed by atoms with E-state index in [1.54, 1.807) is 6.20 Å². The van der Waals surface area contributed by atoms with E-state index in [0.29, 0.717) is 0 Å². The molecule has 5 heteroatoms. The number of aromatic nitrogens is 5. The van der Waals surface area contributed by atoms with Gasteiger partial charge in [-0.2, -0.15) is 0 Å². The lowest BCUT2D eigenvalue weighted by molar-refractivity contribution is 1.28. The average Bonchev–Trinajstić information content (AvgIpc) is 3.35. The summed E-state index contributed by atoms with van der Waals surface area (Å²) in [5.41, 5.74) is 18.5. The molecule has 63 heavy (non-hydrogen) atoms. The Bertz CT molecular complexity index is 3110. The van der Waals surface area contributed by atoms with E-state index in [1.165, 1.54) is 38.8 Å². The van der Waals surface area contributed by atoms with Crippen molar-refractivity contribution in [3.63, 3.8) is 0 Å². The predicted octanol–water partition coefficient (Wildman–Crippen LogP) is 14.8. The van der Waals surface area contributed by atoms with Crippen molar-refractivity contribution >= 4 is 33.0 Å². The molecule has 11 aromatic rings. The van der Waals surface area contributed by atoms with Crippen molar-refractivity contribution in [1.82, 2.24) is 24.9 Å². The molecule has 0 saturated carbocycles. The van der Waals surface area contributed by atoms with Crippen LogP contribution in [-0.4, -0.2) is 24.9 Å². The third-order valence-corrected chi connectivity index (χ3v) is 11.0. The van der Waals surface area contributed by atoms with Crippen molar-refractivity contribution in [3.8, 4) is 56.0 Å². The summed E-state index contributed by atoms with van der Waals surface area (Å²) in [6, 6.07) is 70.7. The fraction of sp³-hybridized carbons (Fsp3) is 0.0517. The highest BCUT2D eigenvalue weighted by Crippen LogP contribution is 2.33. The number of fused-ring (bicyclic) bond motifs is 3. The highest BCUT2D eigenvalue weighted by atomic mass is 14.8. The third kappa shape index (κ3) is 9.29. The summed E-state index contributed by atoms with van der Waals surface area (Å²) < 4.78 is 0. The lowest BCUT2D eigenvalue weighted by atomic mass is 9.99. The van der Waals surface area contributed by atoms with Gasteiger partial charge in [0.25, 0.3) is 0 Å². The summed E-state index contributed by atoms with van der Waals surface area (Å²) in [7, 11) is 0. The Morgan fingerprint density at radius 2 is 0.762 bits per heavy atom. The Balaban J connectivity index is 0.000000122. The minimum absolute atomic E-state index is 0.782. The normalized spacial score (nSPS) is 10.8. The topological polar surface area (TPSA) is 64.5 Å². The SMILES string of the molecule is Cc1cc(-c2ccccc2)nc2ccccc12.Cc1ccc(-c2cc(-c3ccccc3)c3cccnc3n2)cc1.Cc1ccc(-c2cc(-c3ccccc3)c3ncccc3n2)cc1. The Labute approximate surface area is 368 Å². The molecule has 5 heterocycles. The molecule has 11 rings (SSSR count). The lowest BCUT2D eigenvalue weighted by Crippen LogP contribution is -1.91. The van der Waals surface area contributed by atoms with Crippen LogP contribution in [0, 0.1) is 20.8 Å². The number of pyridine rings is 5. The Hall–Kier alpha value is -8.15. The molecule has 0 spiro atoms. The van der Waals surface area contributed by atoms with Crippen LogP contribution in [0.25, 0.3) is 89.0 Å². The molecule has 5 nitrogen and oxygen atoms in total. The molecule has 5 aromatic heterocycles. The lowest BCUT2D eigenvalue weighted by Gasteiger charge is -2.10. The van der Waals surface area contributed by atoms with Crippen molar-refractivity contribution in [2.45, 2.75) is 20.8 Å². The van der Waals surface area contributed by atoms with Crippen LogP contribution >= 0.6 is 0 Å². The molecule has 0 radical (unpaired) electrons. The van der Waals surface area contributed by atoms with Crippen molar-refractivity contribution in [1.29, 1.82) is 0 Å². The summed E-state index contributed by atoms with van der Waals surface area (Å²) in [5, 5.41) is 2.31. The molecule has 0 bridgehead atoms. The number of hydrogen-bond donors (Lipinski definition) is 0. The van der Waals surface area contributed by atoms with Gasteiger partial charge in [-0.05, 0) is 91.6 Å². The third-order valence-electron chi connectivity index (χ3n) is 11.0. The number of nitrogens with zero attached hydrogens (tertiary/aromatic N) is 5. The van der Waals surface area contributed by atoms with Crippen LogP contribution in [0.2, 0.25) is 0 Å². The van der Waals surface area contributed by atoms with Gasteiger partial charge in [-0.15, -0.1) is 0 Å². The van der Waals surface area contributed by atoms with E-state index in [0.717, 1.165) is 66.9 Å². The summed E-state index contributed by atoms with van der Waals surface area (Å²) in [6.45, 7) is 6.32. The first-order chi connectivity index (χ1) is 31.0. The maximum Gasteiger partial charge on any atom is 0.160 e. The van der Waals surface area contributed by atoms with Gasteiger partial charge in [-0.1, -0.05) is 169 Å². The summed E-state index contributed by atoms with van der Waals surface area (Å²) in [5.74, 6) is 0. The molecule has 302 valence electrons. The van der Waals surface area contributed by atoms with Crippen LogP contribution in [0.5, 0.6) is 0 Å². The zero-order valence-corrected chi connectivity index (χ0v) is 35.5. The largest absolute Gasteiger partial charge is 0.254 e. The monoisotopic (exact) mass is 811 g/mol. The predicted molar refractivity (Wildman–Crippen MR) is 262 cm³/mol. The van der Waals surface area contributed by atoms with Crippen LogP contribution in [0.1, 0.15) is 16.7 Å². The highest BCUT2D eigenvalue weighted by Gasteiger charge is 2.12. The molecular weight excluding hydrogens is 767 g/mol. The Kier molecular flexibility index (Phi) is 11.9. The zero-order valence-electron chi connectivity index (χ0n) is 35.5. The standard InChI is InChI=1S/2C21H16N2.C16H13N/c1-15-9-11-17(12-10-15)20-14-18(16-6-3-2-4-7-16)21-19(23-20)8-5-13-22-21;1-15-9-11-17(12-10-15)20-14-19(16-6-3-2-4-7-16)18-8-5-13-22-21(18)23-20;1-12-11-16(13-7-3-2-4-8-13)17-15-10-6-5-9-14(12)15/h2*2-14H,1H3;2-11H,1H3. The van der Waals surface area contributed by atoms with E-state index in [4.69, 9.17) is 15.0 Å². The number of hydrogen-bond acceptors (Lipinski definition) is 5. The molecule has 0 amide bonds. The van der Waals surface area contributed by atoms with Gasteiger partial charge in [-0.25, -0.2) is 19.9 Å². The molecule has 0 aliphatic rings. The van der Waals surface area contributed by atoms with Gasteiger partial charge in [-0.3, -0.25) is 4.98 Å². The smallest absolute Gasteiger partial charge is 0.160 e. The fourth-order valence-corrected chi connectivity index (χ4v) is 7.66. The van der Waals surface area contributed by atoms with Gasteiger partial charge in [0.15, 0.2) is 5.65 Å². The highest BCUT2D eigenvalue weighted by molar-refractivity contribution is 5.95. The summed E-state index contributed by atoms with van der Waals surface area (Å²) >= 11 is 0. The summed E-state index contributed by atoms with van der Waals surface area (Å²) in [6.07, 6.45) is 3.62. The molecule has 0 atom stereocenters. The first-order valence-electron chi connectivity index (χ1n) is 21.2. The average molecular weight is 812 g/mol. The maximum atomic E-state index is 4.80. The number of rotatable bonds is 5. The number of para-hydroxylation sites is 1. The van der Waals surface area contributed by atoms with Crippen molar-refractivity contribution in [2.75, 3.05) is 0 Å². The molecule has 0 unspecified atom stereocenters. The van der Waals surface area contributed by atoms with Crippen molar-refractivity contribution < 1.29 is 0 Å². The van der Waals surface area contributed by atoms with Crippen molar-refractivity contribution in [2.24, 2.45) is 0 Å². The van der Waals surface area contributed by atoms with Gasteiger partial charge in [0.1, 0.15) is 0 Å². The van der Waals surface area contributed by atoms with Crippen LogP contribution in [0.3, 0.4) is 0 Å². The van der Waals surface area contributed by atoms with Gasteiger partial charge < -0.3 is 0 Å². The van der Waals surface area contributed by atoms with Crippen LogP contribution in [-0.2, 0) is 0 Å². The second-order valence-corrected chi connectivity index (χ2v) is 15.5. The molecule has 6 aromatic carbocycles. The first-order valence-corrected chi connectivity index (χ1v) is 21.2. The van der Waals surface area contributed by atoms with Gasteiger partial charge >= 0.3 is 0 Å². The van der Waals surface area contributed by atoms with E-state index >= 15 is 0 Å². The van der Waals surface area contributed by atoms with E-state index in [2.05, 4.69) is 182 Å². The van der Waals surface area contributed by atoms with Crippen LogP contribution in [0.15, 0.2) is 219 Å². The summed E-state index contributed by atoms with van der Waals surface area (Å²) in [4.78, 5) is 23.3. The van der Waals surface area contributed by atoms with Gasteiger partial charge in [0.05, 0.1) is 33.6 Å². The molecule has 0 saturated heterocycles. The van der Waals surface area contributed by atoms with Crippen LogP contribution in [0.4, 0.5) is 0 Å². The molecule has 0 N–H and O–H groups in total. The Morgan fingerprint density at radius 1 is 0.317 bits per heavy atom. The first kappa shape index (κ1) is 40.3. The van der Waals surface area contributed by atoms with E-state index in [9.17, 15) is 0 Å². The van der Waals surface area contributed by atoms with E-state index in [1.807, 2.05) is 60.8 Å². The molecule has 0 fully saturated rings. The van der Waals surface area contributed by atoms with E-state index < -0.39 is 0 Å². The van der Waals surface area contributed by atoms with Crippen LogP contribution < -0.4 is 0 Å². The van der Waals surface area contributed by atoms with Gasteiger partial charge in [0, 0.05) is 45.4 Å². The number of aryl methyl sites for hydroxylation is 3. The molecule has 0 aliphatic heterocycles. The molecule has 0 aliphatic carbocycles. The Morgan fingerprint density at radius 3 is 1.41 bits per heavy atom.